The van der Waals surface area contributed by atoms with Crippen LogP contribution in [0.25, 0.3) is 11.1 Å². The quantitative estimate of drug-likeness (QED) is 0.623. The molecule has 1 heterocycles. The maximum Gasteiger partial charge on any atom is 0.320 e. The fourth-order valence-electron chi connectivity index (χ4n) is 2.52. The van der Waals surface area contributed by atoms with Gasteiger partial charge in [-0.25, -0.2) is 0 Å². The summed E-state index contributed by atoms with van der Waals surface area (Å²) in [6, 6.07) is 15.4. The minimum atomic E-state index is -0.983. The van der Waals surface area contributed by atoms with E-state index in [0.717, 1.165) is 27.6 Å². The summed E-state index contributed by atoms with van der Waals surface area (Å²) < 4.78 is 1.90. The van der Waals surface area contributed by atoms with Gasteiger partial charge in [0.25, 0.3) is 0 Å². The number of aryl methyl sites for hydroxylation is 1. The van der Waals surface area contributed by atoms with Crippen molar-refractivity contribution in [2.75, 3.05) is 0 Å². The van der Waals surface area contributed by atoms with Gasteiger partial charge in [-0.05, 0) is 28.7 Å². The van der Waals surface area contributed by atoms with Gasteiger partial charge in [-0.2, -0.15) is 0 Å². The van der Waals surface area contributed by atoms with Crippen molar-refractivity contribution >= 4 is 17.7 Å². The molecule has 0 amide bonds. The molecular formula is C19H20N4O2S. The summed E-state index contributed by atoms with van der Waals surface area (Å²) in [4.78, 5) is 10.8. The average Bonchev–Trinajstić information content (AvgIpc) is 3.06. The molecule has 0 aliphatic carbocycles. The summed E-state index contributed by atoms with van der Waals surface area (Å²) in [7, 11) is 1.93. The van der Waals surface area contributed by atoms with Crippen molar-refractivity contribution < 1.29 is 9.90 Å². The zero-order valence-corrected chi connectivity index (χ0v) is 15.2. The topological polar surface area (TPSA) is 94.0 Å². The zero-order valence-electron chi connectivity index (χ0n) is 14.4. The van der Waals surface area contributed by atoms with Crippen LogP contribution in [0.15, 0.2) is 60.0 Å². The Balaban J connectivity index is 1.63. The summed E-state index contributed by atoms with van der Waals surface area (Å²) >= 11 is 1.65. The fraction of sp³-hybridized carbons (Fsp3) is 0.211. The first-order valence-corrected chi connectivity index (χ1v) is 9.15. The van der Waals surface area contributed by atoms with Crippen LogP contribution >= 0.6 is 11.8 Å². The van der Waals surface area contributed by atoms with Gasteiger partial charge in [-0.15, -0.1) is 10.2 Å². The summed E-state index contributed by atoms with van der Waals surface area (Å²) in [5.41, 5.74) is 9.91. The number of nitrogens with zero attached hydrogens (tertiary/aromatic N) is 3. The Bertz CT molecular complexity index is 875. The molecule has 0 radical (unpaired) electrons. The van der Waals surface area contributed by atoms with E-state index in [-0.39, 0.29) is 0 Å². The lowest BCUT2D eigenvalue weighted by atomic mass is 10.0. The molecule has 0 saturated carbocycles. The third kappa shape index (κ3) is 4.50. The predicted molar refractivity (Wildman–Crippen MR) is 102 cm³/mol. The van der Waals surface area contributed by atoms with Crippen LogP contribution in [0, 0.1) is 0 Å². The highest BCUT2D eigenvalue weighted by Crippen LogP contribution is 2.24. The second-order valence-electron chi connectivity index (χ2n) is 6.06. The largest absolute Gasteiger partial charge is 0.480 e. The molecule has 26 heavy (non-hydrogen) atoms. The van der Waals surface area contributed by atoms with Gasteiger partial charge < -0.3 is 15.4 Å². The van der Waals surface area contributed by atoms with E-state index >= 15 is 0 Å². The number of carboxylic acid groups (broad SMARTS) is 1. The van der Waals surface area contributed by atoms with Crippen molar-refractivity contribution in [1.82, 2.24) is 14.8 Å². The lowest BCUT2D eigenvalue weighted by Crippen LogP contribution is -2.32. The van der Waals surface area contributed by atoms with Crippen molar-refractivity contribution in [2.45, 2.75) is 23.4 Å². The first kappa shape index (κ1) is 18.2. The molecule has 1 aromatic heterocycles. The predicted octanol–water partition coefficient (Wildman–Crippen LogP) is 2.73. The maximum atomic E-state index is 10.8. The van der Waals surface area contributed by atoms with Gasteiger partial charge in [0, 0.05) is 12.8 Å². The van der Waals surface area contributed by atoms with Crippen LogP contribution < -0.4 is 5.73 Å². The molecule has 0 saturated heterocycles. The first-order valence-electron chi connectivity index (χ1n) is 8.16. The molecule has 6 nitrogen and oxygen atoms in total. The van der Waals surface area contributed by atoms with E-state index in [1.807, 2.05) is 35.9 Å². The van der Waals surface area contributed by atoms with Crippen LogP contribution in [0.1, 0.15) is 11.1 Å². The third-order valence-electron chi connectivity index (χ3n) is 4.05. The van der Waals surface area contributed by atoms with E-state index in [2.05, 4.69) is 34.5 Å². The minimum absolute atomic E-state index is 0.327. The van der Waals surface area contributed by atoms with Crippen LogP contribution in [0.5, 0.6) is 0 Å². The monoisotopic (exact) mass is 368 g/mol. The Morgan fingerprint density at radius 3 is 2.19 bits per heavy atom. The Kier molecular flexibility index (Phi) is 5.70. The Morgan fingerprint density at radius 2 is 1.69 bits per heavy atom. The number of carbonyl (C=O) groups is 1. The lowest BCUT2D eigenvalue weighted by molar-refractivity contribution is -0.138. The van der Waals surface area contributed by atoms with Crippen LogP contribution in [0.2, 0.25) is 0 Å². The molecular weight excluding hydrogens is 348 g/mol. The summed E-state index contributed by atoms with van der Waals surface area (Å²) in [5, 5.41) is 17.7. The number of benzene rings is 2. The number of carboxylic acids is 1. The number of aromatic nitrogens is 3. The molecule has 1 unspecified atom stereocenters. The molecule has 1 atom stereocenters. The smallest absolute Gasteiger partial charge is 0.320 e. The molecule has 0 fully saturated rings. The van der Waals surface area contributed by atoms with Gasteiger partial charge in [0.1, 0.15) is 12.4 Å². The molecule has 0 bridgehead atoms. The van der Waals surface area contributed by atoms with Gasteiger partial charge >= 0.3 is 5.97 Å². The zero-order chi connectivity index (χ0) is 18.5. The molecule has 134 valence electrons. The Hall–Kier alpha value is -2.64. The van der Waals surface area contributed by atoms with Gasteiger partial charge in [0.15, 0.2) is 5.16 Å². The number of hydrogen-bond acceptors (Lipinski definition) is 5. The van der Waals surface area contributed by atoms with Gasteiger partial charge in [-0.1, -0.05) is 60.3 Å². The van der Waals surface area contributed by atoms with Crippen molar-refractivity contribution in [2.24, 2.45) is 12.8 Å². The van der Waals surface area contributed by atoms with E-state index in [4.69, 9.17) is 10.8 Å². The van der Waals surface area contributed by atoms with Crippen molar-refractivity contribution in [3.63, 3.8) is 0 Å². The van der Waals surface area contributed by atoms with Crippen molar-refractivity contribution in [3.8, 4) is 11.1 Å². The summed E-state index contributed by atoms with van der Waals surface area (Å²) in [6.45, 7) is 0. The fourth-order valence-corrected chi connectivity index (χ4v) is 3.36. The van der Waals surface area contributed by atoms with E-state index in [1.54, 1.807) is 18.1 Å². The molecule has 3 aromatic rings. The van der Waals surface area contributed by atoms with Gasteiger partial charge in [0.2, 0.25) is 0 Å². The standard InChI is InChI=1S/C19H20N4O2S/c1-23-12-21-22-19(23)26-11-14-4-8-16(9-5-14)15-6-2-13(3-7-15)10-17(20)18(24)25/h2-9,12,17H,10-11,20H2,1H3,(H,24,25). The number of thioether (sulfide) groups is 1. The molecule has 7 heteroatoms. The number of nitrogens with two attached hydrogens (primary N) is 1. The first-order chi connectivity index (χ1) is 12.5. The highest BCUT2D eigenvalue weighted by Gasteiger charge is 2.12. The highest BCUT2D eigenvalue weighted by atomic mass is 32.2. The molecule has 2 aromatic carbocycles. The molecule has 0 spiro atoms. The molecule has 3 rings (SSSR count). The van der Waals surface area contributed by atoms with Crippen molar-refractivity contribution in [3.05, 3.63) is 66.0 Å². The van der Waals surface area contributed by atoms with Crippen LogP contribution in [0.3, 0.4) is 0 Å². The second kappa shape index (κ2) is 8.16. The summed E-state index contributed by atoms with van der Waals surface area (Å²) in [6.07, 6.45) is 2.02. The van der Waals surface area contributed by atoms with Crippen LogP contribution in [0.4, 0.5) is 0 Å². The SMILES string of the molecule is Cn1cnnc1SCc1ccc(-c2ccc(CC(N)C(=O)O)cc2)cc1. The highest BCUT2D eigenvalue weighted by molar-refractivity contribution is 7.98. The normalized spacial score (nSPS) is 12.1. The van der Waals surface area contributed by atoms with E-state index < -0.39 is 12.0 Å². The van der Waals surface area contributed by atoms with E-state index in [1.165, 1.54) is 5.56 Å². The third-order valence-corrected chi connectivity index (χ3v) is 5.16. The van der Waals surface area contributed by atoms with Gasteiger partial charge in [-0.3, -0.25) is 4.79 Å². The minimum Gasteiger partial charge on any atom is -0.480 e. The summed E-state index contributed by atoms with van der Waals surface area (Å²) in [5.74, 6) is -0.150. The van der Waals surface area contributed by atoms with Crippen LogP contribution in [-0.2, 0) is 24.0 Å². The second-order valence-corrected chi connectivity index (χ2v) is 7.00. The van der Waals surface area contributed by atoms with Gasteiger partial charge in [0.05, 0.1) is 0 Å². The number of rotatable bonds is 7. The van der Waals surface area contributed by atoms with Crippen molar-refractivity contribution in [1.29, 1.82) is 0 Å². The molecule has 0 aliphatic heterocycles. The Labute approximate surface area is 156 Å². The lowest BCUT2D eigenvalue weighted by Gasteiger charge is -2.08. The Morgan fingerprint density at radius 1 is 1.12 bits per heavy atom. The van der Waals surface area contributed by atoms with Crippen LogP contribution in [-0.4, -0.2) is 31.9 Å². The molecule has 0 aliphatic rings. The number of hydrogen-bond donors (Lipinski definition) is 2. The van der Waals surface area contributed by atoms with E-state index in [0.29, 0.717) is 6.42 Å². The average molecular weight is 368 g/mol. The molecule has 3 N–H and O–H groups in total. The van der Waals surface area contributed by atoms with E-state index in [9.17, 15) is 4.79 Å². The maximum absolute atomic E-state index is 10.8. The number of aliphatic carboxylic acids is 1.